The third-order valence-corrected chi connectivity index (χ3v) is 2.24. The summed E-state index contributed by atoms with van der Waals surface area (Å²) in [6.45, 7) is 1.81. The molecule has 3 heteroatoms. The van der Waals surface area contributed by atoms with Crippen molar-refractivity contribution in [3.8, 4) is 0 Å². The molecule has 0 aliphatic rings. The van der Waals surface area contributed by atoms with Crippen molar-refractivity contribution in [2.24, 2.45) is 0 Å². The van der Waals surface area contributed by atoms with Crippen molar-refractivity contribution < 1.29 is 9.59 Å². The molecule has 1 heterocycles. The first-order chi connectivity index (χ1) is 5.27. The van der Waals surface area contributed by atoms with Gasteiger partial charge in [0.1, 0.15) is 0 Å². The highest BCUT2D eigenvalue weighted by molar-refractivity contribution is 7.12. The van der Waals surface area contributed by atoms with Gasteiger partial charge in [0.05, 0.1) is 4.88 Å². The van der Waals surface area contributed by atoms with E-state index in [9.17, 15) is 9.59 Å². The lowest BCUT2D eigenvalue weighted by Crippen LogP contribution is -1.92. The van der Waals surface area contributed by atoms with Gasteiger partial charge < -0.3 is 0 Å². The zero-order chi connectivity index (χ0) is 8.27. The van der Waals surface area contributed by atoms with E-state index in [0.717, 1.165) is 6.29 Å². The summed E-state index contributed by atoms with van der Waals surface area (Å²) in [4.78, 5) is 21.9. The summed E-state index contributed by atoms with van der Waals surface area (Å²) in [5.74, 6) is 0.0920. The van der Waals surface area contributed by atoms with Gasteiger partial charge in [-0.05, 0) is 6.07 Å². The van der Waals surface area contributed by atoms with Crippen molar-refractivity contribution >= 4 is 23.4 Å². The molecule has 0 atom stereocenters. The number of rotatable bonds is 3. The maximum absolute atomic E-state index is 11.0. The second-order valence-corrected chi connectivity index (χ2v) is 3.08. The molecule has 0 spiro atoms. The quantitative estimate of drug-likeness (QED) is 0.512. The van der Waals surface area contributed by atoms with Crippen LogP contribution in [-0.2, 0) is 0 Å². The molecule has 2 nitrogen and oxygen atoms in total. The number of hydrogen-bond donors (Lipinski definition) is 0. The van der Waals surface area contributed by atoms with Crippen molar-refractivity contribution in [1.82, 2.24) is 0 Å². The van der Waals surface area contributed by atoms with E-state index >= 15 is 0 Å². The average molecular weight is 168 g/mol. The van der Waals surface area contributed by atoms with Crippen LogP contribution in [0.15, 0.2) is 11.4 Å². The van der Waals surface area contributed by atoms with E-state index in [1.807, 2.05) is 0 Å². The zero-order valence-electron chi connectivity index (χ0n) is 6.16. The van der Waals surface area contributed by atoms with Crippen LogP contribution in [0, 0.1) is 0 Å². The second kappa shape index (κ2) is 3.44. The molecular formula is C8H8O2S. The lowest BCUT2D eigenvalue weighted by molar-refractivity contribution is 0.0988. The fourth-order valence-electron chi connectivity index (χ4n) is 0.765. The Morgan fingerprint density at radius 3 is 2.91 bits per heavy atom. The first-order valence-electron chi connectivity index (χ1n) is 3.35. The predicted molar refractivity (Wildman–Crippen MR) is 44.3 cm³/mol. The molecular weight excluding hydrogens is 160 g/mol. The summed E-state index contributed by atoms with van der Waals surface area (Å²) >= 11 is 1.30. The molecule has 1 aromatic rings. The minimum Gasteiger partial charge on any atom is -0.297 e. The highest BCUT2D eigenvalue weighted by atomic mass is 32.1. The monoisotopic (exact) mass is 168 g/mol. The largest absolute Gasteiger partial charge is 0.297 e. The Hall–Kier alpha value is -0.960. The van der Waals surface area contributed by atoms with E-state index in [4.69, 9.17) is 0 Å². The fourth-order valence-corrected chi connectivity index (χ4v) is 1.48. The molecule has 0 saturated carbocycles. The Kier molecular flexibility index (Phi) is 2.54. The normalized spacial score (nSPS) is 9.55. The van der Waals surface area contributed by atoms with Gasteiger partial charge in [-0.2, -0.15) is 0 Å². The summed E-state index contributed by atoms with van der Waals surface area (Å²) in [6.07, 6.45) is 1.26. The Morgan fingerprint density at radius 1 is 1.73 bits per heavy atom. The number of ketones is 1. The van der Waals surface area contributed by atoms with Gasteiger partial charge in [-0.25, -0.2) is 0 Å². The molecule has 11 heavy (non-hydrogen) atoms. The van der Waals surface area contributed by atoms with Crippen molar-refractivity contribution in [1.29, 1.82) is 0 Å². The van der Waals surface area contributed by atoms with Crippen LogP contribution in [0.5, 0.6) is 0 Å². The van der Waals surface area contributed by atoms with E-state index in [2.05, 4.69) is 0 Å². The van der Waals surface area contributed by atoms with E-state index in [-0.39, 0.29) is 5.78 Å². The van der Waals surface area contributed by atoms with Crippen molar-refractivity contribution in [2.75, 3.05) is 0 Å². The Labute approximate surface area is 68.9 Å². The molecule has 0 bridgehead atoms. The van der Waals surface area contributed by atoms with Gasteiger partial charge in [-0.1, -0.05) is 6.92 Å². The minimum absolute atomic E-state index is 0.0920. The molecule has 0 aromatic carbocycles. The molecule has 0 N–H and O–H groups in total. The minimum atomic E-state index is 0.0920. The molecule has 0 fully saturated rings. The first-order valence-corrected chi connectivity index (χ1v) is 4.22. The molecule has 0 aliphatic carbocycles. The highest BCUT2D eigenvalue weighted by Crippen LogP contribution is 2.13. The number of aldehydes is 1. The van der Waals surface area contributed by atoms with Crippen LogP contribution >= 0.6 is 11.3 Å². The van der Waals surface area contributed by atoms with Crippen LogP contribution in [0.2, 0.25) is 0 Å². The summed E-state index contributed by atoms with van der Waals surface area (Å²) in [6, 6.07) is 1.63. The van der Waals surface area contributed by atoms with Gasteiger partial charge in [0.2, 0.25) is 0 Å². The molecule has 1 rings (SSSR count). The SMILES string of the molecule is CCC(=O)c1csc(C=O)c1. The van der Waals surface area contributed by atoms with E-state index in [1.165, 1.54) is 11.3 Å². The van der Waals surface area contributed by atoms with Crippen LogP contribution in [0.4, 0.5) is 0 Å². The van der Waals surface area contributed by atoms with Crippen LogP contribution in [0.25, 0.3) is 0 Å². The smallest absolute Gasteiger partial charge is 0.163 e. The van der Waals surface area contributed by atoms with E-state index < -0.39 is 0 Å². The standard InChI is InChI=1S/C8H8O2S/c1-2-8(10)6-3-7(4-9)11-5-6/h3-5H,2H2,1H3. The van der Waals surface area contributed by atoms with Crippen LogP contribution in [-0.4, -0.2) is 12.1 Å². The van der Waals surface area contributed by atoms with Gasteiger partial charge in [0, 0.05) is 17.4 Å². The van der Waals surface area contributed by atoms with Crippen LogP contribution < -0.4 is 0 Å². The van der Waals surface area contributed by atoms with Gasteiger partial charge in [0.25, 0.3) is 0 Å². The summed E-state index contributed by atoms with van der Waals surface area (Å²) in [5.41, 5.74) is 0.652. The molecule has 0 unspecified atom stereocenters. The first kappa shape index (κ1) is 8.14. The number of hydrogen-bond acceptors (Lipinski definition) is 3. The molecule has 58 valence electrons. The molecule has 1 aromatic heterocycles. The lowest BCUT2D eigenvalue weighted by atomic mass is 10.2. The number of carbonyl (C=O) groups is 2. The molecule has 0 radical (unpaired) electrons. The lowest BCUT2D eigenvalue weighted by Gasteiger charge is -1.87. The van der Waals surface area contributed by atoms with Gasteiger partial charge >= 0.3 is 0 Å². The van der Waals surface area contributed by atoms with Crippen molar-refractivity contribution in [3.63, 3.8) is 0 Å². The van der Waals surface area contributed by atoms with E-state index in [1.54, 1.807) is 18.4 Å². The van der Waals surface area contributed by atoms with Crippen LogP contribution in [0.3, 0.4) is 0 Å². The van der Waals surface area contributed by atoms with Crippen molar-refractivity contribution in [2.45, 2.75) is 13.3 Å². The average Bonchev–Trinajstić information content (AvgIpc) is 2.50. The zero-order valence-corrected chi connectivity index (χ0v) is 6.98. The fraction of sp³-hybridized carbons (Fsp3) is 0.250. The van der Waals surface area contributed by atoms with Crippen molar-refractivity contribution in [3.05, 3.63) is 21.9 Å². The summed E-state index contributed by atoms with van der Waals surface area (Å²) in [7, 11) is 0. The number of Topliss-reactive ketones (excluding diaryl/α,β-unsaturated/α-hetero) is 1. The highest BCUT2D eigenvalue weighted by Gasteiger charge is 2.04. The Balaban J connectivity index is 2.88. The Morgan fingerprint density at radius 2 is 2.45 bits per heavy atom. The third-order valence-electron chi connectivity index (χ3n) is 1.38. The molecule has 0 amide bonds. The van der Waals surface area contributed by atoms with E-state index in [0.29, 0.717) is 16.9 Å². The topological polar surface area (TPSA) is 34.1 Å². The third kappa shape index (κ3) is 1.74. The summed E-state index contributed by atoms with van der Waals surface area (Å²) in [5, 5.41) is 1.72. The summed E-state index contributed by atoms with van der Waals surface area (Å²) < 4.78 is 0. The van der Waals surface area contributed by atoms with Gasteiger partial charge in [-0.15, -0.1) is 11.3 Å². The van der Waals surface area contributed by atoms with Gasteiger partial charge in [-0.3, -0.25) is 9.59 Å². The number of thiophene rings is 1. The molecule has 0 saturated heterocycles. The predicted octanol–water partition coefficient (Wildman–Crippen LogP) is 2.15. The number of carbonyl (C=O) groups excluding carboxylic acids is 2. The Bertz CT molecular complexity index is 275. The maximum Gasteiger partial charge on any atom is 0.163 e. The van der Waals surface area contributed by atoms with Crippen LogP contribution in [0.1, 0.15) is 33.4 Å². The molecule has 0 aliphatic heterocycles. The van der Waals surface area contributed by atoms with Gasteiger partial charge in [0.15, 0.2) is 12.1 Å². The maximum atomic E-state index is 11.0. The second-order valence-electron chi connectivity index (χ2n) is 2.13.